The Morgan fingerprint density at radius 3 is 2.64 bits per heavy atom. The van der Waals surface area contributed by atoms with Gasteiger partial charge >= 0.3 is 5.63 Å². The van der Waals surface area contributed by atoms with Gasteiger partial charge in [0.25, 0.3) is 0 Å². The van der Waals surface area contributed by atoms with Crippen LogP contribution in [0.2, 0.25) is 0 Å². The number of hydrogen-bond acceptors (Lipinski definition) is 5. The largest absolute Gasteiger partial charge is 0.497 e. The van der Waals surface area contributed by atoms with Gasteiger partial charge in [-0.15, -0.1) is 0 Å². The number of carbonyl (C=O) groups excluding carboxylic acids is 1. The van der Waals surface area contributed by atoms with E-state index in [0.717, 1.165) is 15.4 Å². The minimum Gasteiger partial charge on any atom is -0.497 e. The number of ketones is 1. The monoisotopic (exact) mass is 440 g/mol. The summed E-state index contributed by atoms with van der Waals surface area (Å²) in [6.45, 7) is 0. The van der Waals surface area contributed by atoms with Crippen LogP contribution in [0.3, 0.4) is 0 Å². The maximum atomic E-state index is 12.8. The Hall–Kier alpha value is -2.60. The molecule has 1 saturated carbocycles. The lowest BCUT2D eigenvalue weighted by Gasteiger charge is -2.35. The van der Waals surface area contributed by atoms with E-state index in [0.29, 0.717) is 35.5 Å². The molecule has 5 rings (SSSR count). The molecule has 142 valence electrons. The number of benzene rings is 2. The zero-order valence-electron chi connectivity index (χ0n) is 15.1. The Labute approximate surface area is 169 Å². The van der Waals surface area contributed by atoms with Gasteiger partial charge in [-0.1, -0.05) is 28.1 Å². The van der Waals surface area contributed by atoms with E-state index in [4.69, 9.17) is 13.9 Å². The Morgan fingerprint density at radius 1 is 1.11 bits per heavy atom. The maximum Gasteiger partial charge on any atom is 0.343 e. The summed E-state index contributed by atoms with van der Waals surface area (Å²) in [5.41, 5.74) is 1.39. The van der Waals surface area contributed by atoms with Gasteiger partial charge in [-0.25, -0.2) is 4.79 Å². The SMILES string of the molecule is COc1ccc2c3c(c(=O)oc2c1)[C@@H]1CCC(=O)[C@@H]1[C@@H](c1ccc(Br)cc1)O3. The molecule has 2 heterocycles. The minimum atomic E-state index is -0.435. The van der Waals surface area contributed by atoms with Gasteiger partial charge in [-0.3, -0.25) is 4.79 Å². The van der Waals surface area contributed by atoms with Crippen LogP contribution in [0.4, 0.5) is 0 Å². The van der Waals surface area contributed by atoms with Crippen LogP contribution in [0.1, 0.15) is 36.0 Å². The highest BCUT2D eigenvalue weighted by molar-refractivity contribution is 9.10. The summed E-state index contributed by atoms with van der Waals surface area (Å²) in [4.78, 5) is 25.5. The Bertz CT molecular complexity index is 1150. The lowest BCUT2D eigenvalue weighted by atomic mass is 9.80. The van der Waals surface area contributed by atoms with Gasteiger partial charge in [-0.2, -0.15) is 0 Å². The summed E-state index contributed by atoms with van der Waals surface area (Å²) in [6.07, 6.45) is 0.664. The third-order valence-corrected chi connectivity index (χ3v) is 6.28. The average molecular weight is 441 g/mol. The van der Waals surface area contributed by atoms with Gasteiger partial charge in [0.05, 0.1) is 24.0 Å². The van der Waals surface area contributed by atoms with E-state index in [1.807, 2.05) is 36.4 Å². The van der Waals surface area contributed by atoms with Crippen molar-refractivity contribution in [2.75, 3.05) is 7.11 Å². The number of carbonyl (C=O) groups is 1. The van der Waals surface area contributed by atoms with Crippen molar-refractivity contribution in [3.8, 4) is 11.5 Å². The predicted octanol–water partition coefficient (Wildman–Crippen LogP) is 4.76. The van der Waals surface area contributed by atoms with Gasteiger partial charge in [0.15, 0.2) is 0 Å². The first-order chi connectivity index (χ1) is 13.6. The first kappa shape index (κ1) is 17.5. The van der Waals surface area contributed by atoms with Gasteiger partial charge in [-0.05, 0) is 36.2 Å². The second kappa shape index (κ2) is 6.48. The number of methoxy groups -OCH3 is 1. The van der Waals surface area contributed by atoms with Crippen molar-refractivity contribution in [1.29, 1.82) is 0 Å². The van der Waals surface area contributed by atoms with E-state index < -0.39 is 11.7 Å². The summed E-state index contributed by atoms with van der Waals surface area (Å²) >= 11 is 3.45. The molecule has 0 amide bonds. The molecule has 1 aromatic heterocycles. The van der Waals surface area contributed by atoms with Crippen molar-refractivity contribution in [3.05, 3.63) is 68.5 Å². The maximum absolute atomic E-state index is 12.8. The molecule has 0 radical (unpaired) electrons. The quantitative estimate of drug-likeness (QED) is 0.537. The van der Waals surface area contributed by atoms with Crippen molar-refractivity contribution in [2.24, 2.45) is 5.92 Å². The molecule has 0 saturated heterocycles. The molecule has 1 fully saturated rings. The second-order valence-corrected chi connectivity index (χ2v) is 8.14. The second-order valence-electron chi connectivity index (χ2n) is 7.22. The predicted molar refractivity (Wildman–Crippen MR) is 107 cm³/mol. The zero-order valence-corrected chi connectivity index (χ0v) is 16.7. The molecular formula is C22H17BrO5. The normalized spacial score (nSPS) is 23.2. The van der Waals surface area contributed by atoms with E-state index >= 15 is 0 Å². The van der Waals surface area contributed by atoms with Crippen LogP contribution in [0.5, 0.6) is 11.5 Å². The van der Waals surface area contributed by atoms with Crippen LogP contribution < -0.4 is 15.1 Å². The van der Waals surface area contributed by atoms with Crippen LogP contribution in [0, 0.1) is 5.92 Å². The van der Waals surface area contributed by atoms with Gasteiger partial charge in [0.1, 0.15) is 29.0 Å². The van der Waals surface area contributed by atoms with Gasteiger partial charge in [0, 0.05) is 22.9 Å². The highest BCUT2D eigenvalue weighted by Crippen LogP contribution is 2.53. The van der Waals surface area contributed by atoms with Crippen molar-refractivity contribution < 1.29 is 18.7 Å². The Morgan fingerprint density at radius 2 is 1.89 bits per heavy atom. The molecule has 28 heavy (non-hydrogen) atoms. The summed E-state index contributed by atoms with van der Waals surface area (Å²) in [7, 11) is 1.56. The number of ether oxygens (including phenoxy) is 2. The fourth-order valence-electron chi connectivity index (χ4n) is 4.44. The third kappa shape index (κ3) is 2.58. The number of fused-ring (bicyclic) bond motifs is 5. The van der Waals surface area contributed by atoms with E-state index in [2.05, 4.69) is 15.9 Å². The van der Waals surface area contributed by atoms with E-state index in [1.165, 1.54) is 0 Å². The highest BCUT2D eigenvalue weighted by atomic mass is 79.9. The molecule has 2 aromatic carbocycles. The van der Waals surface area contributed by atoms with Gasteiger partial charge < -0.3 is 13.9 Å². The molecule has 3 aromatic rings. The Balaban J connectivity index is 1.73. The van der Waals surface area contributed by atoms with Crippen LogP contribution in [-0.4, -0.2) is 12.9 Å². The average Bonchev–Trinajstić information content (AvgIpc) is 3.09. The zero-order chi connectivity index (χ0) is 19.4. The minimum absolute atomic E-state index is 0.137. The number of hydrogen-bond donors (Lipinski definition) is 0. The number of rotatable bonds is 2. The van der Waals surface area contributed by atoms with Crippen molar-refractivity contribution in [2.45, 2.75) is 24.9 Å². The van der Waals surface area contributed by atoms with Crippen molar-refractivity contribution in [3.63, 3.8) is 0 Å². The summed E-state index contributed by atoms with van der Waals surface area (Å²) in [6, 6.07) is 13.1. The molecule has 6 heteroatoms. The Kier molecular flexibility index (Phi) is 4.05. The molecule has 0 N–H and O–H groups in total. The first-order valence-corrected chi connectivity index (χ1v) is 9.95. The van der Waals surface area contributed by atoms with Crippen molar-refractivity contribution >= 4 is 32.7 Å². The number of Topliss-reactive ketones (excluding diaryl/α,β-unsaturated/α-hetero) is 1. The van der Waals surface area contributed by atoms with Gasteiger partial charge in [0.2, 0.25) is 0 Å². The first-order valence-electron chi connectivity index (χ1n) is 9.16. The van der Waals surface area contributed by atoms with E-state index in [1.54, 1.807) is 13.2 Å². The smallest absolute Gasteiger partial charge is 0.343 e. The summed E-state index contributed by atoms with van der Waals surface area (Å²) < 4.78 is 18.1. The van der Waals surface area contributed by atoms with E-state index in [9.17, 15) is 9.59 Å². The lowest BCUT2D eigenvalue weighted by Crippen LogP contribution is -2.33. The molecule has 3 atom stereocenters. The molecule has 0 unspecified atom stereocenters. The molecular weight excluding hydrogens is 424 g/mol. The molecule has 5 nitrogen and oxygen atoms in total. The molecule has 2 aliphatic rings. The van der Waals surface area contributed by atoms with Crippen LogP contribution in [0.15, 0.2) is 56.1 Å². The van der Waals surface area contributed by atoms with Crippen LogP contribution in [0.25, 0.3) is 11.0 Å². The van der Waals surface area contributed by atoms with Crippen molar-refractivity contribution in [1.82, 2.24) is 0 Å². The molecule has 1 aliphatic carbocycles. The third-order valence-electron chi connectivity index (χ3n) is 5.75. The topological polar surface area (TPSA) is 65.7 Å². The molecule has 1 aliphatic heterocycles. The highest BCUT2D eigenvalue weighted by Gasteiger charge is 2.49. The standard InChI is InChI=1S/C22H17BrO5/c1-26-13-6-7-14-17(10-13)27-22(25)19-15-8-9-16(24)18(15)20(28-21(14)19)11-2-4-12(23)5-3-11/h2-7,10,15,18,20H,8-9H2,1H3/t15-,18-,20-/m1/s1. The molecule has 0 spiro atoms. The lowest BCUT2D eigenvalue weighted by molar-refractivity contribution is -0.124. The van der Waals surface area contributed by atoms with Crippen LogP contribution in [-0.2, 0) is 4.79 Å². The fraction of sp³-hybridized carbons (Fsp3) is 0.273. The molecule has 0 bridgehead atoms. The fourth-order valence-corrected chi connectivity index (χ4v) is 4.71. The van der Waals surface area contributed by atoms with E-state index in [-0.39, 0.29) is 17.6 Å². The summed E-state index contributed by atoms with van der Waals surface area (Å²) in [5, 5.41) is 0.718. The van der Waals surface area contributed by atoms with Crippen LogP contribution >= 0.6 is 15.9 Å². The number of halogens is 1. The summed E-state index contributed by atoms with van der Waals surface area (Å²) in [5.74, 6) is 0.709.